The van der Waals surface area contributed by atoms with Crippen molar-refractivity contribution in [3.05, 3.63) is 48.4 Å². The van der Waals surface area contributed by atoms with Crippen LogP contribution in [0.2, 0.25) is 0 Å². The number of fused-ring (bicyclic) bond motifs is 2. The molecule has 106 valence electrons. The summed E-state index contributed by atoms with van der Waals surface area (Å²) in [6.07, 6.45) is 1.70. The smallest absolute Gasteiger partial charge is 0.173 e. The molecule has 1 N–H and O–H groups in total. The molecule has 1 aliphatic rings. The molecule has 1 aromatic carbocycles. The molecule has 21 heavy (non-hydrogen) atoms. The average molecular weight is 280 g/mol. The van der Waals surface area contributed by atoms with E-state index in [2.05, 4.69) is 21.8 Å². The summed E-state index contributed by atoms with van der Waals surface area (Å²) < 4.78 is 8.24. The van der Waals surface area contributed by atoms with Crippen LogP contribution < -0.4 is 10.1 Å². The molecule has 0 radical (unpaired) electrons. The Morgan fingerprint density at radius 2 is 2.19 bits per heavy atom. The number of hydrogen-bond donors (Lipinski definition) is 1. The standard InChI is InChI=1S/C16H16N4O/c1-2-20-15-12(7-5-9-17-15)19-16(20)14-10-18-11-6-3-4-8-13(11)21-14/h3-9,14,18H,2,10H2,1H3. The highest BCUT2D eigenvalue weighted by atomic mass is 16.5. The molecule has 0 saturated carbocycles. The highest BCUT2D eigenvalue weighted by Crippen LogP contribution is 2.34. The summed E-state index contributed by atoms with van der Waals surface area (Å²) in [7, 11) is 0. The summed E-state index contributed by atoms with van der Waals surface area (Å²) in [6.45, 7) is 3.63. The van der Waals surface area contributed by atoms with Crippen LogP contribution in [0, 0.1) is 0 Å². The van der Waals surface area contributed by atoms with Gasteiger partial charge >= 0.3 is 0 Å². The largest absolute Gasteiger partial charge is 0.478 e. The van der Waals surface area contributed by atoms with Crippen molar-refractivity contribution in [2.45, 2.75) is 19.6 Å². The van der Waals surface area contributed by atoms with Gasteiger partial charge in [0.05, 0.1) is 12.2 Å². The van der Waals surface area contributed by atoms with Crippen LogP contribution in [-0.2, 0) is 6.54 Å². The van der Waals surface area contributed by atoms with Crippen LogP contribution in [0.3, 0.4) is 0 Å². The molecule has 1 unspecified atom stereocenters. The van der Waals surface area contributed by atoms with Crippen molar-refractivity contribution in [3.8, 4) is 5.75 Å². The number of aromatic nitrogens is 3. The van der Waals surface area contributed by atoms with E-state index >= 15 is 0 Å². The van der Waals surface area contributed by atoms with Gasteiger partial charge in [-0.25, -0.2) is 9.97 Å². The van der Waals surface area contributed by atoms with Gasteiger partial charge in [0.2, 0.25) is 0 Å². The lowest BCUT2D eigenvalue weighted by Gasteiger charge is -2.27. The quantitative estimate of drug-likeness (QED) is 0.784. The summed E-state index contributed by atoms with van der Waals surface area (Å²) in [5.74, 6) is 1.80. The zero-order valence-electron chi connectivity index (χ0n) is 11.8. The fourth-order valence-electron chi connectivity index (χ4n) is 2.79. The van der Waals surface area contributed by atoms with Gasteiger partial charge in [0.1, 0.15) is 11.3 Å². The monoisotopic (exact) mass is 280 g/mol. The van der Waals surface area contributed by atoms with Gasteiger partial charge in [-0.05, 0) is 31.2 Å². The molecule has 3 aromatic rings. The van der Waals surface area contributed by atoms with E-state index in [1.807, 2.05) is 36.4 Å². The number of para-hydroxylation sites is 2. The Hall–Kier alpha value is -2.56. The second-order valence-electron chi connectivity index (χ2n) is 5.04. The van der Waals surface area contributed by atoms with E-state index in [4.69, 9.17) is 9.72 Å². The number of imidazole rings is 1. The Morgan fingerprint density at radius 3 is 3.10 bits per heavy atom. The molecule has 0 bridgehead atoms. The number of benzene rings is 1. The normalized spacial score (nSPS) is 17.1. The maximum atomic E-state index is 6.12. The van der Waals surface area contributed by atoms with Gasteiger partial charge in [-0.1, -0.05) is 12.1 Å². The van der Waals surface area contributed by atoms with E-state index in [-0.39, 0.29) is 6.10 Å². The molecule has 5 nitrogen and oxygen atoms in total. The van der Waals surface area contributed by atoms with E-state index in [0.29, 0.717) is 6.54 Å². The lowest BCUT2D eigenvalue weighted by molar-refractivity contribution is 0.196. The zero-order valence-corrected chi connectivity index (χ0v) is 11.8. The number of hydrogen-bond acceptors (Lipinski definition) is 4. The van der Waals surface area contributed by atoms with Gasteiger partial charge in [-0.2, -0.15) is 0 Å². The Balaban J connectivity index is 1.78. The second-order valence-corrected chi connectivity index (χ2v) is 5.04. The minimum Gasteiger partial charge on any atom is -0.478 e. The maximum Gasteiger partial charge on any atom is 0.173 e. The van der Waals surface area contributed by atoms with Crippen molar-refractivity contribution >= 4 is 16.9 Å². The number of pyridine rings is 1. The van der Waals surface area contributed by atoms with Crippen molar-refractivity contribution in [2.75, 3.05) is 11.9 Å². The third kappa shape index (κ3) is 1.93. The molecule has 0 fully saturated rings. The molecule has 4 rings (SSSR count). The average Bonchev–Trinajstić information content (AvgIpc) is 2.93. The first-order valence-electron chi connectivity index (χ1n) is 7.17. The van der Waals surface area contributed by atoms with Gasteiger partial charge in [0, 0.05) is 12.7 Å². The maximum absolute atomic E-state index is 6.12. The Bertz CT molecular complexity index is 796. The van der Waals surface area contributed by atoms with Crippen molar-refractivity contribution in [1.82, 2.24) is 14.5 Å². The Labute approximate surface area is 122 Å². The van der Waals surface area contributed by atoms with E-state index in [0.717, 1.165) is 35.0 Å². The van der Waals surface area contributed by atoms with E-state index in [1.165, 1.54) is 0 Å². The minimum absolute atomic E-state index is 0.103. The van der Waals surface area contributed by atoms with Crippen molar-refractivity contribution in [3.63, 3.8) is 0 Å². The fourth-order valence-corrected chi connectivity index (χ4v) is 2.79. The fraction of sp³-hybridized carbons (Fsp3) is 0.250. The lowest BCUT2D eigenvalue weighted by atomic mass is 10.2. The van der Waals surface area contributed by atoms with Gasteiger partial charge in [0.25, 0.3) is 0 Å². The summed E-state index contributed by atoms with van der Waals surface area (Å²) in [5, 5.41) is 3.41. The second kappa shape index (κ2) is 4.77. The molecule has 0 saturated heterocycles. The highest BCUT2D eigenvalue weighted by Gasteiger charge is 2.26. The van der Waals surface area contributed by atoms with Gasteiger partial charge < -0.3 is 14.6 Å². The molecule has 0 amide bonds. The molecule has 2 aromatic heterocycles. The van der Waals surface area contributed by atoms with E-state index in [1.54, 1.807) is 6.20 Å². The number of nitrogens with zero attached hydrogens (tertiary/aromatic N) is 3. The first kappa shape index (κ1) is 12.2. The van der Waals surface area contributed by atoms with Crippen LogP contribution in [0.1, 0.15) is 18.9 Å². The molecular formula is C16H16N4O. The predicted molar refractivity (Wildman–Crippen MR) is 81.5 cm³/mol. The molecule has 1 aliphatic heterocycles. The van der Waals surface area contributed by atoms with Crippen LogP contribution in [0.4, 0.5) is 5.69 Å². The summed E-state index contributed by atoms with van der Waals surface area (Å²) in [4.78, 5) is 9.15. The van der Waals surface area contributed by atoms with Crippen LogP contribution >= 0.6 is 0 Å². The molecule has 1 atom stereocenters. The third-order valence-corrected chi connectivity index (χ3v) is 3.77. The van der Waals surface area contributed by atoms with Crippen molar-refractivity contribution < 1.29 is 4.74 Å². The van der Waals surface area contributed by atoms with E-state index < -0.39 is 0 Å². The SMILES string of the molecule is CCn1c(C2CNc3ccccc3O2)nc2cccnc21. The van der Waals surface area contributed by atoms with Gasteiger partial charge in [-0.3, -0.25) is 0 Å². The lowest BCUT2D eigenvalue weighted by Crippen LogP contribution is -2.26. The molecule has 0 spiro atoms. The zero-order chi connectivity index (χ0) is 14.2. The minimum atomic E-state index is -0.103. The van der Waals surface area contributed by atoms with Crippen LogP contribution in [0.15, 0.2) is 42.6 Å². The predicted octanol–water partition coefficient (Wildman–Crippen LogP) is 3.00. The van der Waals surface area contributed by atoms with Crippen LogP contribution in [0.5, 0.6) is 5.75 Å². The van der Waals surface area contributed by atoms with Crippen LogP contribution in [0.25, 0.3) is 11.2 Å². The number of aryl methyl sites for hydroxylation is 1. The molecule has 5 heteroatoms. The topological polar surface area (TPSA) is 52.0 Å². The number of rotatable bonds is 2. The number of nitrogens with one attached hydrogen (secondary N) is 1. The molecular weight excluding hydrogens is 264 g/mol. The van der Waals surface area contributed by atoms with Crippen molar-refractivity contribution in [2.24, 2.45) is 0 Å². The summed E-state index contributed by atoms with van der Waals surface area (Å²) >= 11 is 0. The Morgan fingerprint density at radius 1 is 1.29 bits per heavy atom. The number of anilines is 1. The Kier molecular flexibility index (Phi) is 2.77. The highest BCUT2D eigenvalue weighted by molar-refractivity contribution is 5.71. The van der Waals surface area contributed by atoms with Crippen LogP contribution in [-0.4, -0.2) is 21.1 Å². The summed E-state index contributed by atoms with van der Waals surface area (Å²) in [5.41, 5.74) is 2.86. The first-order chi connectivity index (χ1) is 10.4. The first-order valence-corrected chi connectivity index (χ1v) is 7.17. The summed E-state index contributed by atoms with van der Waals surface area (Å²) in [6, 6.07) is 11.9. The van der Waals surface area contributed by atoms with Gasteiger partial charge in [-0.15, -0.1) is 0 Å². The number of ether oxygens (including phenoxy) is 1. The molecule has 0 aliphatic carbocycles. The van der Waals surface area contributed by atoms with Crippen molar-refractivity contribution in [1.29, 1.82) is 0 Å². The van der Waals surface area contributed by atoms with Gasteiger partial charge in [0.15, 0.2) is 17.6 Å². The molecule has 3 heterocycles. The third-order valence-electron chi connectivity index (χ3n) is 3.77. The van der Waals surface area contributed by atoms with E-state index in [9.17, 15) is 0 Å².